The van der Waals surface area contributed by atoms with Gasteiger partial charge in [0.15, 0.2) is 0 Å². The van der Waals surface area contributed by atoms with Gasteiger partial charge in [0.1, 0.15) is 11.9 Å². The molecule has 1 fully saturated rings. The molecule has 21 heavy (non-hydrogen) atoms. The van der Waals surface area contributed by atoms with Crippen molar-refractivity contribution in [2.45, 2.75) is 18.4 Å². The van der Waals surface area contributed by atoms with Crippen LogP contribution in [-0.2, 0) is 0 Å². The van der Waals surface area contributed by atoms with Crippen LogP contribution in [0.5, 0.6) is 5.75 Å². The minimum Gasteiger partial charge on any atom is -0.490 e. The summed E-state index contributed by atoms with van der Waals surface area (Å²) in [6.07, 6.45) is 1.23. The van der Waals surface area contributed by atoms with Crippen molar-refractivity contribution in [3.05, 3.63) is 60.2 Å². The van der Waals surface area contributed by atoms with Crippen molar-refractivity contribution in [1.82, 2.24) is 5.32 Å². The van der Waals surface area contributed by atoms with Crippen molar-refractivity contribution in [2.75, 3.05) is 18.8 Å². The highest BCUT2D eigenvalue weighted by Crippen LogP contribution is 2.28. The largest absolute Gasteiger partial charge is 0.490 e. The molecule has 112 valence electrons. The highest BCUT2D eigenvalue weighted by molar-refractivity contribution is 5.85. The van der Waals surface area contributed by atoms with E-state index in [9.17, 15) is 0 Å². The van der Waals surface area contributed by atoms with E-state index < -0.39 is 0 Å². The van der Waals surface area contributed by atoms with Crippen molar-refractivity contribution in [3.8, 4) is 5.75 Å². The maximum atomic E-state index is 6.18. The Kier molecular flexibility index (Phi) is 5.48. The fraction of sp³-hybridized carbons (Fsp3) is 0.294. The molecule has 0 amide bonds. The van der Waals surface area contributed by atoms with Crippen LogP contribution >= 0.6 is 12.4 Å². The van der Waals surface area contributed by atoms with Crippen LogP contribution in [0.2, 0.25) is 0 Å². The molecule has 1 aliphatic rings. The summed E-state index contributed by atoms with van der Waals surface area (Å²) in [6.45, 7) is 1.96. The van der Waals surface area contributed by atoms with Crippen molar-refractivity contribution in [1.29, 1.82) is 0 Å². The molecule has 1 aliphatic heterocycles. The molecule has 3 nitrogen and oxygen atoms in total. The summed E-state index contributed by atoms with van der Waals surface area (Å²) in [6, 6.07) is 18.2. The van der Waals surface area contributed by atoms with Gasteiger partial charge in [0.25, 0.3) is 0 Å². The molecule has 1 saturated heterocycles. The fourth-order valence-corrected chi connectivity index (χ4v) is 2.73. The van der Waals surface area contributed by atoms with Crippen LogP contribution in [0.25, 0.3) is 0 Å². The van der Waals surface area contributed by atoms with E-state index >= 15 is 0 Å². The second kappa shape index (κ2) is 7.34. The third-order valence-corrected chi connectivity index (χ3v) is 3.81. The van der Waals surface area contributed by atoms with Crippen LogP contribution in [-0.4, -0.2) is 19.2 Å². The first kappa shape index (κ1) is 15.7. The zero-order valence-electron chi connectivity index (χ0n) is 11.9. The lowest BCUT2D eigenvalue weighted by Crippen LogP contribution is -2.41. The number of piperidine rings is 1. The molecular formula is C17H21ClN2O. The third kappa shape index (κ3) is 3.90. The average Bonchev–Trinajstić information content (AvgIpc) is 2.51. The van der Waals surface area contributed by atoms with Crippen molar-refractivity contribution in [2.24, 2.45) is 0 Å². The second-order valence-corrected chi connectivity index (χ2v) is 5.24. The number of ether oxygens (including phenoxy) is 1. The molecule has 3 N–H and O–H groups in total. The zero-order valence-corrected chi connectivity index (χ0v) is 12.7. The van der Waals surface area contributed by atoms with Crippen LogP contribution < -0.4 is 15.8 Å². The van der Waals surface area contributed by atoms with Gasteiger partial charge in [0.05, 0.1) is 0 Å². The van der Waals surface area contributed by atoms with Gasteiger partial charge in [-0.2, -0.15) is 0 Å². The highest BCUT2D eigenvalue weighted by atomic mass is 35.5. The maximum Gasteiger partial charge on any atom is 0.119 e. The molecule has 0 spiro atoms. The van der Waals surface area contributed by atoms with Crippen LogP contribution in [0.1, 0.15) is 17.9 Å². The van der Waals surface area contributed by atoms with E-state index in [2.05, 4.69) is 35.6 Å². The zero-order chi connectivity index (χ0) is 13.8. The summed E-state index contributed by atoms with van der Waals surface area (Å²) in [5, 5.41) is 3.46. The normalized spacial score (nSPS) is 21.3. The lowest BCUT2D eigenvalue weighted by atomic mass is 9.89. The lowest BCUT2D eigenvalue weighted by molar-refractivity contribution is 0.138. The molecule has 0 aliphatic carbocycles. The first-order chi connectivity index (χ1) is 9.83. The second-order valence-electron chi connectivity index (χ2n) is 5.24. The molecule has 0 unspecified atom stereocenters. The molecule has 2 aromatic rings. The van der Waals surface area contributed by atoms with Gasteiger partial charge < -0.3 is 15.8 Å². The molecular weight excluding hydrogens is 284 g/mol. The minimum absolute atomic E-state index is 0. The maximum absolute atomic E-state index is 6.18. The van der Waals surface area contributed by atoms with Crippen LogP contribution in [0.15, 0.2) is 54.6 Å². The smallest absolute Gasteiger partial charge is 0.119 e. The van der Waals surface area contributed by atoms with Gasteiger partial charge >= 0.3 is 0 Å². The Morgan fingerprint density at radius 3 is 2.43 bits per heavy atom. The number of benzene rings is 2. The van der Waals surface area contributed by atoms with E-state index in [1.165, 1.54) is 5.56 Å². The van der Waals surface area contributed by atoms with E-state index in [0.29, 0.717) is 5.92 Å². The Bertz CT molecular complexity index is 544. The van der Waals surface area contributed by atoms with Crippen molar-refractivity contribution >= 4 is 18.1 Å². The molecule has 0 aromatic heterocycles. The molecule has 3 rings (SSSR count). The first-order valence-electron chi connectivity index (χ1n) is 7.11. The minimum atomic E-state index is 0. The predicted octanol–water partition coefficient (Wildman–Crippen LogP) is 3.22. The van der Waals surface area contributed by atoms with E-state index in [1.807, 2.05) is 24.3 Å². The van der Waals surface area contributed by atoms with Crippen molar-refractivity contribution < 1.29 is 4.74 Å². The Morgan fingerprint density at radius 2 is 1.71 bits per heavy atom. The Balaban J connectivity index is 0.00000161. The molecule has 1 heterocycles. The predicted molar refractivity (Wildman–Crippen MR) is 89.2 cm³/mol. The van der Waals surface area contributed by atoms with Crippen LogP contribution in [0.3, 0.4) is 0 Å². The van der Waals surface area contributed by atoms with Gasteiger partial charge in [0, 0.05) is 18.2 Å². The van der Waals surface area contributed by atoms with Gasteiger partial charge in [-0.05, 0) is 42.8 Å². The monoisotopic (exact) mass is 304 g/mol. The summed E-state index contributed by atoms with van der Waals surface area (Å²) < 4.78 is 6.18. The molecule has 4 heteroatoms. The lowest BCUT2D eigenvalue weighted by Gasteiger charge is -2.33. The number of nitrogens with two attached hydrogens (primary N) is 1. The molecule has 0 radical (unpaired) electrons. The van der Waals surface area contributed by atoms with Gasteiger partial charge in [0.2, 0.25) is 0 Å². The van der Waals surface area contributed by atoms with E-state index in [4.69, 9.17) is 10.5 Å². The Labute approximate surface area is 131 Å². The number of rotatable bonds is 3. The van der Waals surface area contributed by atoms with Gasteiger partial charge in [-0.25, -0.2) is 0 Å². The SMILES string of the molecule is Cl.Nc1ccc(O[C@@H]2CCNC[C@@H]2c2ccccc2)cc1. The van der Waals surface area contributed by atoms with Gasteiger partial charge in [-0.3, -0.25) is 0 Å². The number of hydrogen-bond donors (Lipinski definition) is 2. The van der Waals surface area contributed by atoms with E-state index in [1.54, 1.807) is 0 Å². The number of halogens is 1. The summed E-state index contributed by atoms with van der Waals surface area (Å²) >= 11 is 0. The molecule has 0 bridgehead atoms. The summed E-state index contributed by atoms with van der Waals surface area (Å²) in [7, 11) is 0. The molecule has 2 atom stereocenters. The molecule has 2 aromatic carbocycles. The van der Waals surface area contributed by atoms with E-state index in [-0.39, 0.29) is 18.5 Å². The summed E-state index contributed by atoms with van der Waals surface area (Å²) in [5.41, 5.74) is 7.81. The summed E-state index contributed by atoms with van der Waals surface area (Å²) in [5.74, 6) is 1.29. The molecule has 0 saturated carbocycles. The number of nitrogen functional groups attached to an aromatic ring is 1. The standard InChI is InChI=1S/C17H20N2O.ClH/c18-14-6-8-15(9-7-14)20-17-10-11-19-12-16(17)13-4-2-1-3-5-13;/h1-9,16-17,19H,10-12,18H2;1H/t16-,17-;/m1./s1. The summed E-state index contributed by atoms with van der Waals surface area (Å²) in [4.78, 5) is 0. The third-order valence-electron chi connectivity index (χ3n) is 3.81. The Hall–Kier alpha value is -1.71. The highest BCUT2D eigenvalue weighted by Gasteiger charge is 2.27. The van der Waals surface area contributed by atoms with Crippen molar-refractivity contribution in [3.63, 3.8) is 0 Å². The number of nitrogens with one attached hydrogen (secondary N) is 1. The number of hydrogen-bond acceptors (Lipinski definition) is 3. The van der Waals surface area contributed by atoms with Gasteiger partial charge in [-0.1, -0.05) is 30.3 Å². The van der Waals surface area contributed by atoms with Crippen LogP contribution in [0.4, 0.5) is 5.69 Å². The topological polar surface area (TPSA) is 47.3 Å². The van der Waals surface area contributed by atoms with E-state index in [0.717, 1.165) is 30.9 Å². The van der Waals surface area contributed by atoms with Crippen LogP contribution in [0, 0.1) is 0 Å². The van der Waals surface area contributed by atoms with Gasteiger partial charge in [-0.15, -0.1) is 12.4 Å². The quantitative estimate of drug-likeness (QED) is 0.856. The number of anilines is 1. The Morgan fingerprint density at radius 1 is 1.00 bits per heavy atom. The average molecular weight is 305 g/mol. The fourth-order valence-electron chi connectivity index (χ4n) is 2.73. The first-order valence-corrected chi connectivity index (χ1v) is 7.11.